The Kier molecular flexibility index (Phi) is 8.85. The second kappa shape index (κ2) is 9.80. The van der Waals surface area contributed by atoms with Crippen molar-refractivity contribution in [3.8, 4) is 0 Å². The zero-order valence-corrected chi connectivity index (χ0v) is 13.3. The maximum absolute atomic E-state index is 12.7. The van der Waals surface area contributed by atoms with Gasteiger partial charge in [0.1, 0.15) is 11.6 Å². The van der Waals surface area contributed by atoms with Gasteiger partial charge in [-0.2, -0.15) is 0 Å². The quantitative estimate of drug-likeness (QED) is 0.634. The molecule has 3 N–H and O–H groups in total. The van der Waals surface area contributed by atoms with Crippen molar-refractivity contribution in [2.45, 2.75) is 40.5 Å². The molecular weight excluding hydrogens is 267 g/mol. The summed E-state index contributed by atoms with van der Waals surface area (Å²) < 4.78 is 12.7. The predicted octanol–water partition coefficient (Wildman–Crippen LogP) is 4.08. The van der Waals surface area contributed by atoms with E-state index in [1.807, 2.05) is 13.0 Å². The summed E-state index contributed by atoms with van der Waals surface area (Å²) in [5.41, 5.74) is 6.45. The molecule has 21 heavy (non-hydrogen) atoms. The van der Waals surface area contributed by atoms with E-state index >= 15 is 0 Å². The van der Waals surface area contributed by atoms with Gasteiger partial charge in [-0.3, -0.25) is 0 Å². The van der Waals surface area contributed by atoms with Crippen molar-refractivity contribution in [1.29, 1.82) is 5.41 Å². The van der Waals surface area contributed by atoms with Gasteiger partial charge in [-0.25, -0.2) is 14.4 Å². The van der Waals surface area contributed by atoms with Gasteiger partial charge in [0.25, 0.3) is 0 Å². The van der Waals surface area contributed by atoms with Crippen molar-refractivity contribution in [1.82, 2.24) is 9.97 Å². The number of allylic oxidation sites excluding steroid dienone is 3. The molecule has 4 nitrogen and oxygen atoms in total. The van der Waals surface area contributed by atoms with Crippen LogP contribution in [0.3, 0.4) is 0 Å². The highest BCUT2D eigenvalue weighted by atomic mass is 19.1. The smallest absolute Gasteiger partial charge is 0.136 e. The molecule has 0 spiro atoms. The van der Waals surface area contributed by atoms with E-state index in [1.165, 1.54) is 19.2 Å². The minimum atomic E-state index is -0.349. The number of anilines is 1. The van der Waals surface area contributed by atoms with Gasteiger partial charge in [0.2, 0.25) is 0 Å². The molecule has 0 saturated carbocycles. The van der Waals surface area contributed by atoms with Crippen LogP contribution in [-0.2, 0) is 6.42 Å². The van der Waals surface area contributed by atoms with Crippen molar-refractivity contribution in [3.05, 3.63) is 42.1 Å². The first-order chi connectivity index (χ1) is 9.87. The molecule has 0 fully saturated rings. The van der Waals surface area contributed by atoms with E-state index in [4.69, 9.17) is 11.1 Å². The van der Waals surface area contributed by atoms with Crippen LogP contribution in [0.15, 0.2) is 30.8 Å². The van der Waals surface area contributed by atoms with E-state index in [0.29, 0.717) is 17.8 Å². The fourth-order valence-electron chi connectivity index (χ4n) is 1.48. The molecular formula is C16H25FN4. The molecule has 0 bridgehead atoms. The largest absolute Gasteiger partial charge is 0.383 e. The highest BCUT2D eigenvalue weighted by Gasteiger charge is 2.14. The molecule has 1 heterocycles. The Morgan fingerprint density at radius 2 is 2.10 bits per heavy atom. The maximum Gasteiger partial charge on any atom is 0.136 e. The SMILES string of the molecule is C=CCC.CCc1ncc(C(=N)C(C)/C=C(\C)F)c(N)n1. The van der Waals surface area contributed by atoms with E-state index in [1.54, 1.807) is 6.92 Å². The molecule has 0 aliphatic rings. The first-order valence-electron chi connectivity index (χ1n) is 7.02. The van der Waals surface area contributed by atoms with Crippen molar-refractivity contribution >= 4 is 11.5 Å². The van der Waals surface area contributed by atoms with Gasteiger partial charge in [0.05, 0.1) is 17.1 Å². The highest BCUT2D eigenvalue weighted by Crippen LogP contribution is 2.16. The fourth-order valence-corrected chi connectivity index (χ4v) is 1.48. The number of nitrogens with zero attached hydrogens (tertiary/aromatic N) is 2. The molecule has 0 aromatic carbocycles. The second-order valence-electron chi connectivity index (χ2n) is 4.59. The molecule has 1 aromatic rings. The van der Waals surface area contributed by atoms with Crippen molar-refractivity contribution in [2.24, 2.45) is 5.92 Å². The molecule has 5 heteroatoms. The van der Waals surface area contributed by atoms with Gasteiger partial charge < -0.3 is 11.1 Å². The first kappa shape index (κ1) is 19.0. The number of hydrogen-bond acceptors (Lipinski definition) is 4. The molecule has 0 saturated heterocycles. The summed E-state index contributed by atoms with van der Waals surface area (Å²) in [7, 11) is 0. The van der Waals surface area contributed by atoms with Crippen LogP contribution in [0.5, 0.6) is 0 Å². The number of rotatable bonds is 5. The fraction of sp³-hybridized carbons (Fsp3) is 0.438. The predicted molar refractivity (Wildman–Crippen MR) is 87.2 cm³/mol. The van der Waals surface area contributed by atoms with E-state index < -0.39 is 0 Å². The average Bonchev–Trinajstić information content (AvgIpc) is 2.45. The third-order valence-electron chi connectivity index (χ3n) is 2.70. The Bertz CT molecular complexity index is 505. The minimum absolute atomic E-state index is 0.224. The summed E-state index contributed by atoms with van der Waals surface area (Å²) in [6, 6.07) is 0. The summed E-state index contributed by atoms with van der Waals surface area (Å²) >= 11 is 0. The summed E-state index contributed by atoms with van der Waals surface area (Å²) in [6.45, 7) is 10.6. The number of hydrogen-bond donors (Lipinski definition) is 2. The number of nitrogen functional groups attached to an aromatic ring is 1. The molecule has 1 rings (SSSR count). The Balaban J connectivity index is 0.000000885. The number of aryl methyl sites for hydroxylation is 1. The lowest BCUT2D eigenvalue weighted by atomic mass is 9.99. The second-order valence-corrected chi connectivity index (χ2v) is 4.59. The van der Waals surface area contributed by atoms with Crippen LogP contribution in [0, 0.1) is 11.3 Å². The van der Waals surface area contributed by atoms with Crippen molar-refractivity contribution < 1.29 is 4.39 Å². The molecule has 1 aromatic heterocycles. The summed E-state index contributed by atoms with van der Waals surface area (Å²) in [6.07, 6.45) is 6.55. The number of nitrogens with one attached hydrogen (secondary N) is 1. The van der Waals surface area contributed by atoms with Gasteiger partial charge >= 0.3 is 0 Å². The van der Waals surface area contributed by atoms with E-state index in [2.05, 4.69) is 23.5 Å². The Morgan fingerprint density at radius 3 is 2.48 bits per heavy atom. The minimum Gasteiger partial charge on any atom is -0.383 e. The van der Waals surface area contributed by atoms with Crippen LogP contribution in [-0.4, -0.2) is 15.7 Å². The number of nitrogens with two attached hydrogens (primary N) is 1. The van der Waals surface area contributed by atoms with Crippen molar-refractivity contribution in [2.75, 3.05) is 5.73 Å². The third-order valence-corrected chi connectivity index (χ3v) is 2.70. The Hall–Kier alpha value is -2.04. The van der Waals surface area contributed by atoms with Gasteiger partial charge in [-0.1, -0.05) is 26.8 Å². The molecule has 0 radical (unpaired) electrons. The maximum atomic E-state index is 12.7. The molecule has 116 valence electrons. The zero-order chi connectivity index (χ0) is 16.4. The van der Waals surface area contributed by atoms with Crippen LogP contribution in [0.1, 0.15) is 45.5 Å². The molecule has 0 aliphatic heterocycles. The van der Waals surface area contributed by atoms with Gasteiger partial charge in [-0.15, -0.1) is 6.58 Å². The summed E-state index contributed by atoms with van der Waals surface area (Å²) in [4.78, 5) is 8.18. The lowest BCUT2D eigenvalue weighted by Gasteiger charge is -2.11. The molecule has 0 aliphatic carbocycles. The molecule has 0 amide bonds. The summed E-state index contributed by atoms with van der Waals surface area (Å²) in [5.74, 6) is 0.257. The normalized spacial score (nSPS) is 12.1. The van der Waals surface area contributed by atoms with Crippen molar-refractivity contribution in [3.63, 3.8) is 0 Å². The third kappa shape index (κ3) is 6.79. The first-order valence-corrected chi connectivity index (χ1v) is 7.02. The van der Waals surface area contributed by atoms with E-state index in [9.17, 15) is 4.39 Å². The van der Waals surface area contributed by atoms with Crippen LogP contribution in [0.4, 0.5) is 10.2 Å². The van der Waals surface area contributed by atoms with Gasteiger partial charge in [0.15, 0.2) is 0 Å². The lowest BCUT2D eigenvalue weighted by molar-refractivity contribution is 0.629. The average molecular weight is 292 g/mol. The lowest BCUT2D eigenvalue weighted by Crippen LogP contribution is -2.14. The van der Waals surface area contributed by atoms with Crippen LogP contribution in [0.2, 0.25) is 0 Å². The van der Waals surface area contributed by atoms with E-state index in [0.717, 1.165) is 6.42 Å². The van der Waals surface area contributed by atoms with Gasteiger partial charge in [-0.05, 0) is 19.4 Å². The van der Waals surface area contributed by atoms with Crippen LogP contribution >= 0.6 is 0 Å². The zero-order valence-electron chi connectivity index (χ0n) is 13.3. The van der Waals surface area contributed by atoms with Crippen LogP contribution < -0.4 is 5.73 Å². The highest BCUT2D eigenvalue weighted by molar-refractivity contribution is 6.03. The monoisotopic (exact) mass is 292 g/mol. The molecule has 1 atom stereocenters. The van der Waals surface area contributed by atoms with Gasteiger partial charge in [0, 0.05) is 18.5 Å². The number of halogens is 1. The Labute approximate surface area is 126 Å². The summed E-state index contributed by atoms with van der Waals surface area (Å²) in [5, 5.41) is 7.93. The number of aromatic nitrogens is 2. The van der Waals surface area contributed by atoms with E-state index in [-0.39, 0.29) is 23.3 Å². The standard InChI is InChI=1S/C12H17FN4.C4H8/c1-4-10-16-6-9(12(15)17-10)11(14)7(2)5-8(3)13;1-3-4-2/h5-7,14H,4H2,1-3H3,(H2,15,16,17);3H,1,4H2,2H3/b8-5+,14-11?;. The van der Waals surface area contributed by atoms with Crippen LogP contribution in [0.25, 0.3) is 0 Å². The topological polar surface area (TPSA) is 75.7 Å². The molecule has 1 unspecified atom stereocenters. The Morgan fingerprint density at radius 1 is 1.52 bits per heavy atom.